The molecule has 0 saturated heterocycles. The van der Waals surface area contributed by atoms with Crippen LogP contribution in [0.3, 0.4) is 0 Å². The summed E-state index contributed by atoms with van der Waals surface area (Å²) >= 11 is 0. The maximum atomic E-state index is 14.0. The molecule has 0 bridgehead atoms. The fourth-order valence-electron chi connectivity index (χ4n) is 4.40. The number of carbonyl (C=O) groups is 2. The van der Waals surface area contributed by atoms with Crippen LogP contribution < -0.4 is 10.1 Å². The number of alkyl halides is 2. The fraction of sp³-hybridized carbons (Fsp3) is 0.448. The lowest BCUT2D eigenvalue weighted by Crippen LogP contribution is -2.39. The van der Waals surface area contributed by atoms with E-state index in [1.807, 2.05) is 13.8 Å². The highest BCUT2D eigenvalue weighted by Crippen LogP contribution is 2.35. The van der Waals surface area contributed by atoms with Crippen molar-refractivity contribution in [1.82, 2.24) is 19.4 Å². The van der Waals surface area contributed by atoms with Crippen molar-refractivity contribution in [1.29, 1.82) is 0 Å². The highest BCUT2D eigenvalue weighted by molar-refractivity contribution is 6.00. The smallest absolute Gasteiger partial charge is 0.274 e. The third kappa shape index (κ3) is 6.82. The average molecular weight is 556 g/mol. The second kappa shape index (κ2) is 12.5. The number of aliphatic hydroxyl groups is 1. The largest absolute Gasteiger partial charge is 0.477 e. The first-order chi connectivity index (χ1) is 19.1. The Morgan fingerprint density at radius 3 is 2.60 bits per heavy atom. The summed E-state index contributed by atoms with van der Waals surface area (Å²) in [5.41, 5.74) is 1.17. The highest BCUT2D eigenvalue weighted by Gasteiger charge is 2.31. The lowest BCUT2D eigenvalue weighted by Gasteiger charge is -2.27. The molecule has 1 aromatic carbocycles. The summed E-state index contributed by atoms with van der Waals surface area (Å²) < 4.78 is 35.4. The van der Waals surface area contributed by atoms with Crippen LogP contribution in [0, 0.1) is 5.92 Å². The summed E-state index contributed by atoms with van der Waals surface area (Å²) in [5.74, 6) is -2.18. The Morgan fingerprint density at radius 2 is 2.00 bits per heavy atom. The standard InChI is InChI=1S/C29H35F2N5O4/c1-19(2)35(14-5-15-37)28(39)24-25(33-18-38)34-26(23-6-4-13-32-27(23)40-17-21-7-8-21)36(24)16-20-9-11-22(12-10-20)29(3,30)31/h4,6,9-13,18-19,21,37H,5,7-8,14-17H2,1-3H3,(H,33,38). The van der Waals surface area contributed by atoms with Gasteiger partial charge in [0.05, 0.1) is 12.2 Å². The van der Waals surface area contributed by atoms with E-state index in [-0.39, 0.29) is 42.8 Å². The zero-order valence-corrected chi connectivity index (χ0v) is 22.9. The zero-order valence-electron chi connectivity index (χ0n) is 22.9. The van der Waals surface area contributed by atoms with Crippen LogP contribution >= 0.6 is 0 Å². The number of hydrogen-bond donors (Lipinski definition) is 2. The number of benzene rings is 1. The van der Waals surface area contributed by atoms with E-state index in [1.165, 1.54) is 12.1 Å². The molecular weight excluding hydrogens is 520 g/mol. The number of aromatic nitrogens is 3. The monoisotopic (exact) mass is 555 g/mol. The van der Waals surface area contributed by atoms with Gasteiger partial charge >= 0.3 is 0 Å². The third-order valence-corrected chi connectivity index (χ3v) is 6.77. The van der Waals surface area contributed by atoms with Crippen LogP contribution in [0.25, 0.3) is 11.4 Å². The molecule has 11 heteroatoms. The van der Waals surface area contributed by atoms with E-state index in [0.29, 0.717) is 48.2 Å². The van der Waals surface area contributed by atoms with E-state index >= 15 is 0 Å². The molecule has 1 fully saturated rings. The van der Waals surface area contributed by atoms with Crippen LogP contribution in [0.1, 0.15) is 61.6 Å². The Hall–Kier alpha value is -3.86. The maximum absolute atomic E-state index is 14.0. The van der Waals surface area contributed by atoms with E-state index in [4.69, 9.17) is 4.74 Å². The second-order valence-electron chi connectivity index (χ2n) is 10.3. The maximum Gasteiger partial charge on any atom is 0.274 e. The molecule has 2 aromatic heterocycles. The van der Waals surface area contributed by atoms with Gasteiger partial charge in [-0.1, -0.05) is 24.3 Å². The minimum atomic E-state index is -2.99. The molecule has 4 rings (SSSR count). The van der Waals surface area contributed by atoms with Gasteiger partial charge in [0.2, 0.25) is 12.3 Å². The molecule has 40 heavy (non-hydrogen) atoms. The Kier molecular flexibility index (Phi) is 9.14. The summed E-state index contributed by atoms with van der Waals surface area (Å²) in [4.78, 5) is 36.3. The van der Waals surface area contributed by atoms with Crippen LogP contribution in [0.5, 0.6) is 5.88 Å². The quantitative estimate of drug-likeness (QED) is 0.279. The van der Waals surface area contributed by atoms with Crippen LogP contribution in [0.4, 0.5) is 14.6 Å². The van der Waals surface area contributed by atoms with Crippen molar-refractivity contribution in [3.63, 3.8) is 0 Å². The molecule has 9 nitrogen and oxygen atoms in total. The zero-order chi connectivity index (χ0) is 28.9. The molecule has 0 unspecified atom stereocenters. The highest BCUT2D eigenvalue weighted by atomic mass is 19.3. The number of pyridine rings is 1. The molecule has 2 amide bonds. The summed E-state index contributed by atoms with van der Waals surface area (Å²) in [6.45, 7) is 5.36. The summed E-state index contributed by atoms with van der Waals surface area (Å²) in [6.07, 6.45) is 4.61. The van der Waals surface area contributed by atoms with Gasteiger partial charge in [-0.25, -0.2) is 18.7 Å². The van der Waals surface area contributed by atoms with Gasteiger partial charge in [0.15, 0.2) is 11.5 Å². The number of nitrogens with zero attached hydrogens (tertiary/aromatic N) is 4. The van der Waals surface area contributed by atoms with E-state index in [0.717, 1.165) is 19.8 Å². The second-order valence-corrected chi connectivity index (χ2v) is 10.3. The number of nitrogens with one attached hydrogen (secondary N) is 1. The van der Waals surface area contributed by atoms with Crippen molar-refractivity contribution >= 4 is 18.1 Å². The van der Waals surface area contributed by atoms with Crippen molar-refractivity contribution in [2.45, 2.75) is 58.5 Å². The topological polar surface area (TPSA) is 110 Å². The number of carbonyl (C=O) groups excluding carboxylic acids is 2. The van der Waals surface area contributed by atoms with Crippen molar-refractivity contribution in [3.05, 3.63) is 59.4 Å². The van der Waals surface area contributed by atoms with Gasteiger partial charge in [0, 0.05) is 44.4 Å². The Balaban J connectivity index is 1.86. The molecule has 0 atom stereocenters. The third-order valence-electron chi connectivity index (χ3n) is 6.77. The van der Waals surface area contributed by atoms with Gasteiger partial charge in [-0.15, -0.1) is 0 Å². The minimum Gasteiger partial charge on any atom is -0.477 e. The Bertz CT molecular complexity index is 1320. The average Bonchev–Trinajstić information content (AvgIpc) is 3.69. The molecule has 2 N–H and O–H groups in total. The molecule has 0 spiro atoms. The molecule has 1 aliphatic rings. The van der Waals surface area contributed by atoms with Crippen LogP contribution in [0.15, 0.2) is 42.6 Å². The number of amides is 2. The predicted molar refractivity (Wildman–Crippen MR) is 146 cm³/mol. The molecule has 214 valence electrons. The number of anilines is 1. The van der Waals surface area contributed by atoms with Crippen molar-refractivity contribution in [3.8, 4) is 17.3 Å². The van der Waals surface area contributed by atoms with Gasteiger partial charge in [-0.3, -0.25) is 9.59 Å². The molecule has 0 radical (unpaired) electrons. The summed E-state index contributed by atoms with van der Waals surface area (Å²) in [7, 11) is 0. The first-order valence-corrected chi connectivity index (χ1v) is 13.4. The van der Waals surface area contributed by atoms with Crippen molar-refractivity contribution < 1.29 is 28.2 Å². The first kappa shape index (κ1) is 29.1. The number of hydrogen-bond acceptors (Lipinski definition) is 6. The van der Waals surface area contributed by atoms with Crippen molar-refractivity contribution in [2.75, 3.05) is 25.1 Å². The normalized spacial score (nSPS) is 13.4. The lowest BCUT2D eigenvalue weighted by atomic mass is 10.1. The first-order valence-electron chi connectivity index (χ1n) is 13.4. The van der Waals surface area contributed by atoms with Gasteiger partial charge < -0.3 is 24.6 Å². The van der Waals surface area contributed by atoms with Gasteiger partial charge in [-0.05, 0) is 56.7 Å². The van der Waals surface area contributed by atoms with Crippen LogP contribution in [0.2, 0.25) is 0 Å². The fourth-order valence-corrected chi connectivity index (χ4v) is 4.40. The number of imidazole rings is 1. The van der Waals surface area contributed by atoms with E-state index in [1.54, 1.807) is 39.9 Å². The molecule has 1 saturated carbocycles. The minimum absolute atomic E-state index is 0.0540. The molecule has 3 aromatic rings. The molecule has 2 heterocycles. The van der Waals surface area contributed by atoms with Crippen molar-refractivity contribution in [2.24, 2.45) is 5.92 Å². The molecule has 1 aliphatic carbocycles. The van der Waals surface area contributed by atoms with E-state index in [9.17, 15) is 23.5 Å². The number of ether oxygens (including phenoxy) is 1. The van der Waals surface area contributed by atoms with E-state index in [2.05, 4.69) is 15.3 Å². The Morgan fingerprint density at radius 1 is 1.27 bits per heavy atom. The SMILES string of the molecule is CC(C)N(CCCO)C(=O)c1c(NC=O)nc(-c2cccnc2OCC2CC2)n1Cc1ccc(C(C)(F)F)cc1. The summed E-state index contributed by atoms with van der Waals surface area (Å²) in [5, 5.41) is 12.0. The predicted octanol–water partition coefficient (Wildman–Crippen LogP) is 4.70. The molecular formula is C29H35F2N5O4. The van der Waals surface area contributed by atoms with Gasteiger partial charge in [-0.2, -0.15) is 0 Å². The number of rotatable bonds is 14. The van der Waals surface area contributed by atoms with Crippen LogP contribution in [-0.2, 0) is 17.3 Å². The van der Waals surface area contributed by atoms with Crippen LogP contribution in [-0.4, -0.2) is 62.7 Å². The molecule has 0 aliphatic heterocycles. The number of halogens is 2. The Labute approximate surface area is 232 Å². The summed E-state index contributed by atoms with van der Waals surface area (Å²) in [6, 6.07) is 9.17. The van der Waals surface area contributed by atoms with Gasteiger partial charge in [0.25, 0.3) is 11.8 Å². The number of aliphatic hydroxyl groups excluding tert-OH is 1. The lowest BCUT2D eigenvalue weighted by molar-refractivity contribution is -0.105. The van der Waals surface area contributed by atoms with E-state index < -0.39 is 11.8 Å². The van der Waals surface area contributed by atoms with Gasteiger partial charge in [0.1, 0.15) is 5.82 Å².